The Morgan fingerprint density at radius 2 is 1.93 bits per heavy atom. The predicted molar refractivity (Wildman–Crippen MR) is 52.7 cm³/mol. The molecule has 0 saturated carbocycles. The lowest BCUT2D eigenvalue weighted by atomic mass is 9.88. The fraction of sp³-hybridized carbons (Fsp3) is 0.778. The standard InChI is InChI=1S/C9H18N2O3/c1-9(2,3)4-6(10)8(14)11-5-7(12)13/h6H,4-5,10H2,1-3H3,(H,11,14)(H,12,13)/t6-/m0/s1. The Morgan fingerprint density at radius 1 is 1.43 bits per heavy atom. The molecule has 82 valence electrons. The second kappa shape index (κ2) is 4.95. The summed E-state index contributed by atoms with van der Waals surface area (Å²) in [4.78, 5) is 21.4. The Morgan fingerprint density at radius 3 is 2.29 bits per heavy atom. The molecule has 0 unspecified atom stereocenters. The number of hydrogen-bond donors (Lipinski definition) is 3. The van der Waals surface area contributed by atoms with E-state index in [9.17, 15) is 9.59 Å². The molecular weight excluding hydrogens is 184 g/mol. The molecule has 1 atom stereocenters. The number of carboxylic acid groups (broad SMARTS) is 1. The Balaban J connectivity index is 3.94. The summed E-state index contributed by atoms with van der Waals surface area (Å²) in [5.41, 5.74) is 5.54. The zero-order chi connectivity index (χ0) is 11.4. The maximum absolute atomic E-state index is 11.2. The molecule has 0 aliphatic rings. The maximum atomic E-state index is 11.2. The van der Waals surface area contributed by atoms with E-state index in [0.717, 1.165) is 0 Å². The summed E-state index contributed by atoms with van der Waals surface area (Å²) < 4.78 is 0. The van der Waals surface area contributed by atoms with Crippen LogP contribution in [-0.2, 0) is 9.59 Å². The molecule has 0 fully saturated rings. The van der Waals surface area contributed by atoms with E-state index in [1.807, 2.05) is 20.8 Å². The minimum Gasteiger partial charge on any atom is -0.480 e. The first kappa shape index (κ1) is 12.9. The number of carbonyl (C=O) groups is 2. The summed E-state index contributed by atoms with van der Waals surface area (Å²) in [6.45, 7) is 5.53. The van der Waals surface area contributed by atoms with Crippen LogP contribution in [0.1, 0.15) is 27.2 Å². The van der Waals surface area contributed by atoms with Gasteiger partial charge in [-0.25, -0.2) is 0 Å². The summed E-state index contributed by atoms with van der Waals surface area (Å²) in [7, 11) is 0. The molecule has 0 aromatic carbocycles. The van der Waals surface area contributed by atoms with Crippen LogP contribution in [0.3, 0.4) is 0 Å². The summed E-state index contributed by atoms with van der Waals surface area (Å²) in [5, 5.41) is 10.6. The minimum atomic E-state index is -1.07. The van der Waals surface area contributed by atoms with Crippen LogP contribution < -0.4 is 11.1 Å². The van der Waals surface area contributed by atoms with Gasteiger partial charge in [0.05, 0.1) is 6.04 Å². The third kappa shape index (κ3) is 6.42. The van der Waals surface area contributed by atoms with E-state index < -0.39 is 17.9 Å². The number of rotatable bonds is 4. The average Bonchev–Trinajstić information content (AvgIpc) is 1.96. The van der Waals surface area contributed by atoms with Crippen LogP contribution in [0.15, 0.2) is 0 Å². The van der Waals surface area contributed by atoms with Gasteiger partial charge in [-0.2, -0.15) is 0 Å². The summed E-state index contributed by atoms with van der Waals surface area (Å²) in [6.07, 6.45) is 0.526. The number of nitrogens with two attached hydrogens (primary N) is 1. The highest BCUT2D eigenvalue weighted by Gasteiger charge is 2.21. The monoisotopic (exact) mass is 202 g/mol. The Hall–Kier alpha value is -1.10. The first-order chi connectivity index (χ1) is 6.22. The van der Waals surface area contributed by atoms with Crippen LogP contribution in [0.25, 0.3) is 0 Å². The fourth-order valence-electron chi connectivity index (χ4n) is 1.05. The molecule has 0 saturated heterocycles. The van der Waals surface area contributed by atoms with Gasteiger partial charge in [0, 0.05) is 0 Å². The van der Waals surface area contributed by atoms with Crippen molar-refractivity contribution in [1.29, 1.82) is 0 Å². The molecule has 0 aromatic rings. The third-order valence-corrected chi connectivity index (χ3v) is 1.58. The average molecular weight is 202 g/mol. The number of carbonyl (C=O) groups excluding carboxylic acids is 1. The number of hydrogen-bond acceptors (Lipinski definition) is 3. The first-order valence-electron chi connectivity index (χ1n) is 4.47. The van der Waals surface area contributed by atoms with Gasteiger partial charge < -0.3 is 16.2 Å². The van der Waals surface area contributed by atoms with Crippen molar-refractivity contribution in [3.8, 4) is 0 Å². The summed E-state index contributed by atoms with van der Waals surface area (Å²) in [6, 6.07) is -0.644. The van der Waals surface area contributed by atoms with Crippen molar-refractivity contribution in [3.05, 3.63) is 0 Å². The summed E-state index contributed by atoms with van der Waals surface area (Å²) >= 11 is 0. The lowest BCUT2D eigenvalue weighted by molar-refractivity contribution is -0.138. The van der Waals surface area contributed by atoms with E-state index in [1.54, 1.807) is 0 Å². The number of nitrogens with one attached hydrogen (secondary N) is 1. The van der Waals surface area contributed by atoms with Crippen LogP contribution in [0.5, 0.6) is 0 Å². The van der Waals surface area contributed by atoms with Crippen molar-refractivity contribution in [2.45, 2.75) is 33.2 Å². The number of amides is 1. The van der Waals surface area contributed by atoms with Crippen LogP contribution in [-0.4, -0.2) is 29.6 Å². The second-order valence-corrected chi connectivity index (χ2v) is 4.48. The lowest BCUT2D eigenvalue weighted by Gasteiger charge is -2.22. The van der Waals surface area contributed by atoms with Crippen molar-refractivity contribution in [2.75, 3.05) is 6.54 Å². The van der Waals surface area contributed by atoms with Crippen LogP contribution in [0.4, 0.5) is 0 Å². The van der Waals surface area contributed by atoms with Crippen LogP contribution in [0.2, 0.25) is 0 Å². The van der Waals surface area contributed by atoms with Crippen LogP contribution >= 0.6 is 0 Å². The normalized spacial score (nSPS) is 13.4. The van der Waals surface area contributed by atoms with Gasteiger partial charge in [-0.3, -0.25) is 9.59 Å². The molecule has 0 heterocycles. The highest BCUT2D eigenvalue weighted by atomic mass is 16.4. The van der Waals surface area contributed by atoms with E-state index in [4.69, 9.17) is 10.8 Å². The molecule has 0 aliphatic carbocycles. The highest BCUT2D eigenvalue weighted by molar-refractivity contribution is 5.84. The van der Waals surface area contributed by atoms with Crippen molar-refractivity contribution >= 4 is 11.9 Å². The third-order valence-electron chi connectivity index (χ3n) is 1.58. The lowest BCUT2D eigenvalue weighted by Crippen LogP contribution is -2.44. The van der Waals surface area contributed by atoms with E-state index in [2.05, 4.69) is 5.32 Å². The van der Waals surface area contributed by atoms with Gasteiger partial charge >= 0.3 is 5.97 Å². The summed E-state index contributed by atoms with van der Waals surface area (Å²) in [5.74, 6) is -1.48. The zero-order valence-corrected chi connectivity index (χ0v) is 8.83. The smallest absolute Gasteiger partial charge is 0.322 e. The topological polar surface area (TPSA) is 92.4 Å². The van der Waals surface area contributed by atoms with E-state index in [1.165, 1.54) is 0 Å². The van der Waals surface area contributed by atoms with Gasteiger partial charge in [-0.05, 0) is 11.8 Å². The molecule has 4 N–H and O–H groups in total. The van der Waals surface area contributed by atoms with Crippen molar-refractivity contribution in [1.82, 2.24) is 5.32 Å². The fourth-order valence-corrected chi connectivity index (χ4v) is 1.05. The Labute approximate surface area is 83.7 Å². The molecule has 5 nitrogen and oxygen atoms in total. The van der Waals surface area contributed by atoms with Gasteiger partial charge in [-0.15, -0.1) is 0 Å². The van der Waals surface area contributed by atoms with E-state index in [-0.39, 0.29) is 12.0 Å². The molecule has 0 spiro atoms. The molecule has 0 aliphatic heterocycles. The molecular formula is C9H18N2O3. The molecule has 5 heteroatoms. The van der Waals surface area contributed by atoms with E-state index >= 15 is 0 Å². The van der Waals surface area contributed by atoms with E-state index in [0.29, 0.717) is 6.42 Å². The van der Waals surface area contributed by atoms with Gasteiger partial charge in [0.2, 0.25) is 5.91 Å². The Kier molecular flexibility index (Phi) is 4.56. The minimum absolute atomic E-state index is 0.0417. The van der Waals surface area contributed by atoms with Crippen molar-refractivity contribution in [2.24, 2.45) is 11.1 Å². The zero-order valence-electron chi connectivity index (χ0n) is 8.83. The largest absolute Gasteiger partial charge is 0.480 e. The van der Waals surface area contributed by atoms with Gasteiger partial charge in [0.1, 0.15) is 6.54 Å². The Bertz CT molecular complexity index is 221. The maximum Gasteiger partial charge on any atom is 0.322 e. The van der Waals surface area contributed by atoms with Crippen molar-refractivity contribution < 1.29 is 14.7 Å². The van der Waals surface area contributed by atoms with Crippen molar-refractivity contribution in [3.63, 3.8) is 0 Å². The molecule has 1 amide bonds. The van der Waals surface area contributed by atoms with Crippen LogP contribution in [0, 0.1) is 5.41 Å². The first-order valence-corrected chi connectivity index (χ1v) is 4.47. The van der Waals surface area contributed by atoms with Gasteiger partial charge in [-0.1, -0.05) is 20.8 Å². The second-order valence-electron chi connectivity index (χ2n) is 4.48. The molecule has 0 bridgehead atoms. The quantitative estimate of drug-likeness (QED) is 0.596. The highest BCUT2D eigenvalue weighted by Crippen LogP contribution is 2.19. The molecule has 0 radical (unpaired) electrons. The molecule has 0 aromatic heterocycles. The number of aliphatic carboxylic acids is 1. The molecule has 0 rings (SSSR count). The molecule has 14 heavy (non-hydrogen) atoms. The number of carboxylic acids is 1. The SMILES string of the molecule is CC(C)(C)C[C@H](N)C(=O)NCC(=O)O. The van der Waals surface area contributed by atoms with Gasteiger partial charge in [0.15, 0.2) is 0 Å². The van der Waals surface area contributed by atoms with Gasteiger partial charge in [0.25, 0.3) is 0 Å². The predicted octanol–water partition coefficient (Wildman–Crippen LogP) is -0.0493.